The summed E-state index contributed by atoms with van der Waals surface area (Å²) in [6.45, 7) is 0. The number of hydrogen-bond donors (Lipinski definition) is 1. The maximum absolute atomic E-state index is 14.2. The Balaban J connectivity index is 1.86. The van der Waals surface area contributed by atoms with E-state index in [0.717, 1.165) is 16.3 Å². The number of hydrogen-bond acceptors (Lipinski definition) is 4. The number of aromatic amines is 1. The SMILES string of the molecule is COc1ccc2ccccc2c1/C=N\n1c(-c2ccccc2F)n[nH]c1=S. The second-order valence-corrected chi connectivity index (χ2v) is 6.18. The molecule has 1 aromatic heterocycles. The molecule has 0 aliphatic heterocycles. The molecule has 0 fully saturated rings. The largest absolute Gasteiger partial charge is 0.496 e. The Bertz CT molecular complexity index is 1210. The molecular weight excluding hydrogens is 363 g/mol. The molecule has 4 rings (SSSR count). The number of nitrogens with zero attached hydrogens (tertiary/aromatic N) is 3. The van der Waals surface area contributed by atoms with Gasteiger partial charge in [0.15, 0.2) is 5.82 Å². The first kappa shape index (κ1) is 17.1. The summed E-state index contributed by atoms with van der Waals surface area (Å²) in [6.07, 6.45) is 1.65. The molecule has 134 valence electrons. The Morgan fingerprint density at radius 2 is 1.89 bits per heavy atom. The van der Waals surface area contributed by atoms with E-state index in [1.807, 2.05) is 36.4 Å². The van der Waals surface area contributed by atoms with Crippen LogP contribution in [0.3, 0.4) is 0 Å². The van der Waals surface area contributed by atoms with Gasteiger partial charge in [0.2, 0.25) is 4.77 Å². The second kappa shape index (κ2) is 7.13. The van der Waals surface area contributed by atoms with Crippen molar-refractivity contribution in [3.63, 3.8) is 0 Å². The highest BCUT2D eigenvalue weighted by Gasteiger charge is 2.13. The van der Waals surface area contributed by atoms with Gasteiger partial charge in [0.05, 0.1) is 18.9 Å². The zero-order chi connectivity index (χ0) is 18.8. The standard InChI is InChI=1S/C20H15FN4OS/c1-26-18-11-10-13-6-2-3-7-14(13)16(18)12-22-25-19(23-24-20(25)27)15-8-4-5-9-17(15)21/h2-12H,1H3,(H,24,27)/b22-12-. The molecule has 0 bridgehead atoms. The van der Waals surface area contributed by atoms with Crippen LogP contribution in [0.4, 0.5) is 4.39 Å². The quantitative estimate of drug-likeness (QED) is 0.410. The summed E-state index contributed by atoms with van der Waals surface area (Å²) in [5, 5.41) is 13.3. The number of rotatable bonds is 4. The third kappa shape index (κ3) is 3.13. The molecule has 7 heteroatoms. The summed E-state index contributed by atoms with van der Waals surface area (Å²) < 4.78 is 21.3. The zero-order valence-corrected chi connectivity index (χ0v) is 15.2. The minimum atomic E-state index is -0.398. The number of ether oxygens (including phenoxy) is 1. The summed E-state index contributed by atoms with van der Waals surface area (Å²) in [7, 11) is 1.61. The molecule has 4 aromatic rings. The van der Waals surface area contributed by atoms with E-state index < -0.39 is 5.82 Å². The van der Waals surface area contributed by atoms with Crippen LogP contribution < -0.4 is 4.74 Å². The lowest BCUT2D eigenvalue weighted by Gasteiger charge is -2.08. The van der Waals surface area contributed by atoms with Crippen LogP contribution in [0.15, 0.2) is 65.8 Å². The number of aromatic nitrogens is 3. The van der Waals surface area contributed by atoms with E-state index in [-0.39, 0.29) is 4.77 Å². The average molecular weight is 378 g/mol. The highest BCUT2D eigenvalue weighted by Crippen LogP contribution is 2.27. The summed E-state index contributed by atoms with van der Waals surface area (Å²) in [4.78, 5) is 0. The van der Waals surface area contributed by atoms with Crippen LogP contribution in [0.5, 0.6) is 5.75 Å². The molecule has 0 atom stereocenters. The Morgan fingerprint density at radius 3 is 2.70 bits per heavy atom. The molecule has 0 aliphatic carbocycles. The molecule has 0 saturated heterocycles. The van der Waals surface area contributed by atoms with Gasteiger partial charge >= 0.3 is 0 Å². The lowest BCUT2D eigenvalue weighted by molar-refractivity contribution is 0.415. The number of halogens is 1. The highest BCUT2D eigenvalue weighted by atomic mass is 32.1. The van der Waals surface area contributed by atoms with Crippen LogP contribution in [0, 0.1) is 10.6 Å². The molecule has 1 N–H and O–H groups in total. The topological polar surface area (TPSA) is 55.2 Å². The molecule has 5 nitrogen and oxygen atoms in total. The van der Waals surface area contributed by atoms with E-state index in [4.69, 9.17) is 17.0 Å². The summed E-state index contributed by atoms with van der Waals surface area (Å²) in [5.41, 5.74) is 1.12. The van der Waals surface area contributed by atoms with Crippen molar-refractivity contribution in [3.8, 4) is 17.1 Å². The molecule has 3 aromatic carbocycles. The van der Waals surface area contributed by atoms with Crippen LogP contribution in [-0.4, -0.2) is 28.2 Å². The van der Waals surface area contributed by atoms with Gasteiger partial charge in [-0.2, -0.15) is 14.9 Å². The van der Waals surface area contributed by atoms with Gasteiger partial charge in [-0.3, -0.25) is 0 Å². The zero-order valence-electron chi connectivity index (χ0n) is 14.4. The Kier molecular flexibility index (Phi) is 4.52. The first-order valence-corrected chi connectivity index (χ1v) is 8.62. The van der Waals surface area contributed by atoms with E-state index >= 15 is 0 Å². The maximum atomic E-state index is 14.2. The van der Waals surface area contributed by atoms with E-state index in [2.05, 4.69) is 15.3 Å². The van der Waals surface area contributed by atoms with E-state index in [9.17, 15) is 4.39 Å². The van der Waals surface area contributed by atoms with Crippen molar-refractivity contribution in [3.05, 3.63) is 76.8 Å². The molecule has 0 unspecified atom stereocenters. The molecule has 1 heterocycles. The second-order valence-electron chi connectivity index (χ2n) is 5.79. The molecule has 0 radical (unpaired) electrons. The monoisotopic (exact) mass is 378 g/mol. The third-order valence-corrected chi connectivity index (χ3v) is 4.48. The molecule has 0 saturated carbocycles. The van der Waals surface area contributed by atoms with Crippen LogP contribution in [0.25, 0.3) is 22.2 Å². The Hall–Kier alpha value is -3.32. The van der Waals surface area contributed by atoms with E-state index in [0.29, 0.717) is 17.1 Å². The molecule has 27 heavy (non-hydrogen) atoms. The van der Waals surface area contributed by atoms with Gasteiger partial charge < -0.3 is 4.74 Å². The minimum absolute atomic E-state index is 0.267. The number of nitrogens with one attached hydrogen (secondary N) is 1. The van der Waals surface area contributed by atoms with Crippen LogP contribution in [0.2, 0.25) is 0 Å². The first-order valence-electron chi connectivity index (χ1n) is 8.21. The van der Waals surface area contributed by atoms with Gasteiger partial charge in [-0.1, -0.05) is 42.5 Å². The van der Waals surface area contributed by atoms with Crippen LogP contribution in [-0.2, 0) is 0 Å². The van der Waals surface area contributed by atoms with Crippen molar-refractivity contribution < 1.29 is 9.13 Å². The highest BCUT2D eigenvalue weighted by molar-refractivity contribution is 7.71. The fourth-order valence-corrected chi connectivity index (χ4v) is 3.10. The lowest BCUT2D eigenvalue weighted by atomic mass is 10.0. The maximum Gasteiger partial charge on any atom is 0.216 e. The number of methoxy groups -OCH3 is 1. The summed E-state index contributed by atoms with van der Waals surface area (Å²) >= 11 is 5.27. The van der Waals surface area contributed by atoms with Crippen molar-refractivity contribution >= 4 is 29.2 Å². The van der Waals surface area contributed by atoms with E-state index in [1.165, 1.54) is 10.7 Å². The summed E-state index contributed by atoms with van der Waals surface area (Å²) in [5.74, 6) is 0.583. The Morgan fingerprint density at radius 1 is 1.11 bits per heavy atom. The van der Waals surface area contributed by atoms with Crippen molar-refractivity contribution in [2.24, 2.45) is 5.10 Å². The normalized spacial score (nSPS) is 11.3. The predicted molar refractivity (Wildman–Crippen MR) is 106 cm³/mol. The third-order valence-electron chi connectivity index (χ3n) is 4.22. The van der Waals surface area contributed by atoms with Crippen molar-refractivity contribution in [2.75, 3.05) is 7.11 Å². The minimum Gasteiger partial charge on any atom is -0.496 e. The van der Waals surface area contributed by atoms with Gasteiger partial charge in [0.1, 0.15) is 11.6 Å². The lowest BCUT2D eigenvalue weighted by Crippen LogP contribution is -1.98. The number of benzene rings is 3. The molecule has 0 aliphatic rings. The molecule has 0 spiro atoms. The fraction of sp³-hybridized carbons (Fsp3) is 0.0500. The Labute approximate surface area is 159 Å². The predicted octanol–water partition coefficient (Wildman–Crippen LogP) is 4.79. The smallest absolute Gasteiger partial charge is 0.216 e. The first-order chi connectivity index (χ1) is 13.2. The average Bonchev–Trinajstić information content (AvgIpc) is 3.06. The van der Waals surface area contributed by atoms with Crippen LogP contribution >= 0.6 is 12.2 Å². The van der Waals surface area contributed by atoms with Gasteiger partial charge in [0, 0.05) is 5.56 Å². The van der Waals surface area contributed by atoms with Crippen molar-refractivity contribution in [2.45, 2.75) is 0 Å². The molecular formula is C20H15FN4OS. The van der Waals surface area contributed by atoms with Gasteiger partial charge in [0.25, 0.3) is 0 Å². The molecule has 0 amide bonds. The number of fused-ring (bicyclic) bond motifs is 1. The number of H-pyrrole nitrogens is 1. The van der Waals surface area contributed by atoms with Crippen molar-refractivity contribution in [1.29, 1.82) is 0 Å². The van der Waals surface area contributed by atoms with E-state index in [1.54, 1.807) is 31.5 Å². The van der Waals surface area contributed by atoms with Crippen molar-refractivity contribution in [1.82, 2.24) is 14.9 Å². The van der Waals surface area contributed by atoms with Gasteiger partial charge in [-0.05, 0) is 41.2 Å². The van der Waals surface area contributed by atoms with Gasteiger partial charge in [-0.25, -0.2) is 9.49 Å². The van der Waals surface area contributed by atoms with Gasteiger partial charge in [-0.15, -0.1) is 0 Å². The fourth-order valence-electron chi connectivity index (χ4n) is 2.92. The summed E-state index contributed by atoms with van der Waals surface area (Å²) in [6, 6.07) is 18.2. The van der Waals surface area contributed by atoms with Crippen LogP contribution in [0.1, 0.15) is 5.56 Å².